The number of benzene rings is 2. The molecule has 1 atom stereocenters. The van der Waals surface area contributed by atoms with Gasteiger partial charge in [0.25, 0.3) is 5.91 Å². The van der Waals surface area contributed by atoms with Crippen LogP contribution in [-0.4, -0.2) is 27.5 Å². The molecule has 2 aromatic carbocycles. The van der Waals surface area contributed by atoms with Crippen molar-refractivity contribution in [1.82, 2.24) is 10.0 Å². The summed E-state index contributed by atoms with van der Waals surface area (Å²) in [5.41, 5.74) is 1.96. The summed E-state index contributed by atoms with van der Waals surface area (Å²) in [5, 5.41) is 3.02. The van der Waals surface area contributed by atoms with Crippen molar-refractivity contribution in [2.45, 2.75) is 31.2 Å². The molecule has 1 unspecified atom stereocenters. The lowest BCUT2D eigenvalue weighted by Gasteiger charge is -2.27. The van der Waals surface area contributed by atoms with Gasteiger partial charge in [-0.25, -0.2) is 13.1 Å². The second kappa shape index (κ2) is 8.00. The highest BCUT2D eigenvalue weighted by molar-refractivity contribution is 9.10. The van der Waals surface area contributed by atoms with Crippen LogP contribution in [0.1, 0.15) is 40.9 Å². The van der Waals surface area contributed by atoms with Crippen LogP contribution in [0.3, 0.4) is 0 Å². The lowest BCUT2D eigenvalue weighted by Crippen LogP contribution is -2.33. The van der Waals surface area contributed by atoms with E-state index in [0.717, 1.165) is 15.8 Å². The number of sulfonamides is 1. The Labute approximate surface area is 167 Å². The second-order valence-electron chi connectivity index (χ2n) is 6.32. The zero-order chi connectivity index (χ0) is 19.6. The smallest absolute Gasteiger partial charge is 0.252 e. The van der Waals surface area contributed by atoms with Gasteiger partial charge in [-0.3, -0.25) is 4.79 Å². The van der Waals surface area contributed by atoms with Crippen LogP contribution < -0.4 is 14.8 Å². The van der Waals surface area contributed by atoms with Gasteiger partial charge in [0.2, 0.25) is 10.0 Å². The number of fused-ring (bicyclic) bond motifs is 1. The zero-order valence-electron chi connectivity index (χ0n) is 15.1. The summed E-state index contributed by atoms with van der Waals surface area (Å²) < 4.78 is 33.5. The number of carbonyl (C=O) groups excluding carboxylic acids is 1. The van der Waals surface area contributed by atoms with Crippen molar-refractivity contribution in [1.29, 1.82) is 0 Å². The number of hydrogen-bond donors (Lipinski definition) is 2. The largest absolute Gasteiger partial charge is 0.493 e. The monoisotopic (exact) mass is 452 g/mol. The topological polar surface area (TPSA) is 84.5 Å². The van der Waals surface area contributed by atoms with Gasteiger partial charge < -0.3 is 10.1 Å². The Balaban J connectivity index is 1.89. The molecule has 2 N–H and O–H groups in total. The Hall–Kier alpha value is -1.90. The lowest BCUT2D eigenvalue weighted by molar-refractivity contribution is 0.0924. The fourth-order valence-electron chi connectivity index (χ4n) is 3.04. The summed E-state index contributed by atoms with van der Waals surface area (Å²) in [6, 6.07) is 10.1. The molecule has 3 rings (SSSR count). The third-order valence-corrected chi connectivity index (χ3v) is 6.45. The molecule has 0 saturated carbocycles. The van der Waals surface area contributed by atoms with Gasteiger partial charge in [-0.1, -0.05) is 28.9 Å². The van der Waals surface area contributed by atoms with E-state index in [2.05, 4.69) is 26.0 Å². The highest BCUT2D eigenvalue weighted by atomic mass is 79.9. The summed E-state index contributed by atoms with van der Waals surface area (Å²) in [4.78, 5) is 13.0. The van der Waals surface area contributed by atoms with E-state index in [1.807, 2.05) is 18.2 Å². The minimum Gasteiger partial charge on any atom is -0.493 e. The van der Waals surface area contributed by atoms with Crippen LogP contribution in [0.5, 0.6) is 5.75 Å². The molecular weight excluding hydrogens is 432 g/mol. The molecule has 2 aromatic rings. The summed E-state index contributed by atoms with van der Waals surface area (Å²) in [6.07, 6.45) is 0.642. The summed E-state index contributed by atoms with van der Waals surface area (Å²) >= 11 is 3.44. The van der Waals surface area contributed by atoms with Gasteiger partial charge in [-0.2, -0.15) is 0 Å². The molecule has 0 spiro atoms. The van der Waals surface area contributed by atoms with Crippen LogP contribution in [0.2, 0.25) is 0 Å². The van der Waals surface area contributed by atoms with E-state index in [4.69, 9.17) is 4.74 Å². The van der Waals surface area contributed by atoms with Gasteiger partial charge in [0.1, 0.15) is 5.75 Å². The first kappa shape index (κ1) is 19.9. The van der Waals surface area contributed by atoms with E-state index >= 15 is 0 Å². The van der Waals surface area contributed by atoms with Crippen molar-refractivity contribution < 1.29 is 17.9 Å². The Kier molecular flexibility index (Phi) is 5.88. The minimum atomic E-state index is -3.63. The molecule has 0 radical (unpaired) electrons. The van der Waals surface area contributed by atoms with Crippen molar-refractivity contribution in [3.05, 3.63) is 57.6 Å². The van der Waals surface area contributed by atoms with Crippen molar-refractivity contribution in [3.63, 3.8) is 0 Å². The number of hydrogen-bond acceptors (Lipinski definition) is 4. The Morgan fingerprint density at radius 1 is 1.26 bits per heavy atom. The first-order chi connectivity index (χ1) is 12.8. The fourth-order valence-corrected chi connectivity index (χ4v) is 4.48. The highest BCUT2D eigenvalue weighted by Crippen LogP contribution is 2.34. The molecule has 1 heterocycles. The number of carbonyl (C=O) groups is 1. The number of aryl methyl sites for hydroxylation is 1. The van der Waals surface area contributed by atoms with E-state index in [9.17, 15) is 13.2 Å². The molecule has 144 valence electrons. The SMILES string of the molecule is CCNS(=O)(=O)c1ccc(C)c(C(=O)NC2CCOc3ccc(Br)cc32)c1. The summed E-state index contributed by atoms with van der Waals surface area (Å²) in [6.45, 7) is 4.28. The summed E-state index contributed by atoms with van der Waals surface area (Å²) in [5.74, 6) is 0.439. The van der Waals surface area contributed by atoms with Crippen LogP contribution in [-0.2, 0) is 10.0 Å². The van der Waals surface area contributed by atoms with Gasteiger partial charge in [-0.15, -0.1) is 0 Å². The van der Waals surface area contributed by atoms with Crippen molar-refractivity contribution in [3.8, 4) is 5.75 Å². The van der Waals surface area contributed by atoms with Gasteiger partial charge >= 0.3 is 0 Å². The first-order valence-electron chi connectivity index (χ1n) is 8.65. The van der Waals surface area contributed by atoms with E-state index in [0.29, 0.717) is 24.2 Å². The molecule has 0 bridgehead atoms. The molecular formula is C19H21BrN2O4S. The number of ether oxygens (including phenoxy) is 1. The molecule has 0 fully saturated rings. The maximum absolute atomic E-state index is 12.9. The predicted octanol–water partition coefficient (Wildman–Crippen LogP) is 3.31. The maximum atomic E-state index is 12.9. The number of halogens is 1. The molecule has 27 heavy (non-hydrogen) atoms. The lowest BCUT2D eigenvalue weighted by atomic mass is 9.99. The van der Waals surface area contributed by atoms with Crippen LogP contribution in [0.4, 0.5) is 0 Å². The predicted molar refractivity (Wildman–Crippen MR) is 107 cm³/mol. The third kappa shape index (κ3) is 4.34. The molecule has 0 aromatic heterocycles. The minimum absolute atomic E-state index is 0.0789. The fraction of sp³-hybridized carbons (Fsp3) is 0.316. The van der Waals surface area contributed by atoms with Gasteiger partial charge in [0.15, 0.2) is 0 Å². The molecule has 0 aliphatic carbocycles. The van der Waals surface area contributed by atoms with Crippen molar-refractivity contribution in [2.75, 3.05) is 13.2 Å². The normalized spacial score (nSPS) is 16.3. The quantitative estimate of drug-likeness (QED) is 0.728. The molecule has 8 heteroatoms. The van der Waals surface area contributed by atoms with Gasteiger partial charge in [0, 0.05) is 28.6 Å². The van der Waals surface area contributed by atoms with Crippen LogP contribution in [0, 0.1) is 6.92 Å². The van der Waals surface area contributed by atoms with Gasteiger partial charge in [-0.05, 0) is 42.8 Å². The number of rotatable bonds is 5. The standard InChI is InChI=1S/C19H21BrN2O4S/c1-3-21-27(24,25)14-6-4-12(2)15(11-14)19(23)22-17-8-9-26-18-7-5-13(20)10-16(17)18/h4-7,10-11,17,21H,3,8-9H2,1-2H3,(H,22,23). The molecule has 1 amide bonds. The van der Waals surface area contributed by atoms with Crippen LogP contribution in [0.25, 0.3) is 0 Å². The Morgan fingerprint density at radius 2 is 2.04 bits per heavy atom. The zero-order valence-corrected chi connectivity index (χ0v) is 17.5. The molecule has 1 aliphatic heterocycles. The van der Waals surface area contributed by atoms with Crippen LogP contribution >= 0.6 is 15.9 Å². The first-order valence-corrected chi connectivity index (χ1v) is 10.9. The average Bonchev–Trinajstić information content (AvgIpc) is 2.62. The second-order valence-corrected chi connectivity index (χ2v) is 9.01. The molecule has 1 aliphatic rings. The molecule has 0 saturated heterocycles. The van der Waals surface area contributed by atoms with E-state index < -0.39 is 10.0 Å². The Morgan fingerprint density at radius 3 is 2.78 bits per heavy atom. The van der Waals surface area contributed by atoms with Crippen molar-refractivity contribution >= 4 is 31.9 Å². The van der Waals surface area contributed by atoms with E-state index in [1.165, 1.54) is 12.1 Å². The third-order valence-electron chi connectivity index (χ3n) is 4.41. The summed E-state index contributed by atoms with van der Waals surface area (Å²) in [7, 11) is -3.63. The number of nitrogens with one attached hydrogen (secondary N) is 2. The maximum Gasteiger partial charge on any atom is 0.252 e. The van der Waals surface area contributed by atoms with Crippen LogP contribution in [0.15, 0.2) is 45.8 Å². The average molecular weight is 453 g/mol. The van der Waals surface area contributed by atoms with E-state index in [1.54, 1.807) is 19.9 Å². The molecule has 6 nitrogen and oxygen atoms in total. The van der Waals surface area contributed by atoms with Gasteiger partial charge in [0.05, 0.1) is 17.5 Å². The van der Waals surface area contributed by atoms with Crippen molar-refractivity contribution in [2.24, 2.45) is 0 Å². The Bertz CT molecular complexity index is 976. The van der Waals surface area contributed by atoms with E-state index in [-0.39, 0.29) is 23.4 Å². The number of amides is 1. The highest BCUT2D eigenvalue weighted by Gasteiger charge is 2.25.